The Morgan fingerprint density at radius 1 is 1.29 bits per heavy atom. The molecule has 1 aromatic carbocycles. The molecule has 0 spiro atoms. The smallest absolute Gasteiger partial charge is 0.175 e. The van der Waals surface area contributed by atoms with E-state index in [4.69, 9.17) is 9.26 Å². The summed E-state index contributed by atoms with van der Waals surface area (Å²) in [6.45, 7) is 0.391. The van der Waals surface area contributed by atoms with Crippen molar-refractivity contribution in [2.45, 2.75) is 6.61 Å². The highest BCUT2D eigenvalue weighted by Crippen LogP contribution is 2.14. The molecule has 3 nitrogen and oxygen atoms in total. The molecule has 0 amide bonds. The SMILES string of the molecule is Brc1cc(COc2ccccc2)on1. The van der Waals surface area contributed by atoms with Gasteiger partial charge in [0.05, 0.1) is 0 Å². The third-order valence-electron chi connectivity index (χ3n) is 1.65. The van der Waals surface area contributed by atoms with Crippen LogP contribution in [0.25, 0.3) is 0 Å². The van der Waals surface area contributed by atoms with Crippen molar-refractivity contribution >= 4 is 15.9 Å². The third kappa shape index (κ3) is 2.35. The Morgan fingerprint density at radius 3 is 2.71 bits per heavy atom. The van der Waals surface area contributed by atoms with Gasteiger partial charge in [-0.3, -0.25) is 0 Å². The van der Waals surface area contributed by atoms with Gasteiger partial charge in [-0.15, -0.1) is 0 Å². The first-order chi connectivity index (χ1) is 6.84. The molecule has 0 aliphatic rings. The van der Waals surface area contributed by atoms with Crippen molar-refractivity contribution in [2.24, 2.45) is 0 Å². The van der Waals surface area contributed by atoms with Crippen LogP contribution in [0, 0.1) is 0 Å². The molecule has 2 aromatic rings. The van der Waals surface area contributed by atoms with E-state index in [1.807, 2.05) is 30.3 Å². The normalized spacial score (nSPS) is 10.1. The zero-order valence-corrected chi connectivity index (χ0v) is 8.90. The highest BCUT2D eigenvalue weighted by atomic mass is 79.9. The maximum Gasteiger partial charge on any atom is 0.175 e. The van der Waals surface area contributed by atoms with E-state index >= 15 is 0 Å². The second-order valence-electron chi connectivity index (χ2n) is 2.72. The van der Waals surface area contributed by atoms with Crippen LogP contribution in [-0.2, 0) is 6.61 Å². The molecule has 0 unspecified atom stereocenters. The number of rotatable bonds is 3. The van der Waals surface area contributed by atoms with Crippen LogP contribution in [0.5, 0.6) is 5.75 Å². The van der Waals surface area contributed by atoms with Crippen LogP contribution in [0.2, 0.25) is 0 Å². The topological polar surface area (TPSA) is 35.3 Å². The van der Waals surface area contributed by atoms with Crippen molar-refractivity contribution in [2.75, 3.05) is 0 Å². The minimum absolute atomic E-state index is 0.391. The van der Waals surface area contributed by atoms with Crippen molar-refractivity contribution in [3.63, 3.8) is 0 Å². The van der Waals surface area contributed by atoms with Gasteiger partial charge in [0.1, 0.15) is 17.0 Å². The predicted molar refractivity (Wildman–Crippen MR) is 55.0 cm³/mol. The Kier molecular flexibility index (Phi) is 2.84. The molecule has 1 aromatic heterocycles. The lowest BCUT2D eigenvalue weighted by molar-refractivity contribution is 0.249. The number of aromatic nitrogens is 1. The molecule has 0 N–H and O–H groups in total. The van der Waals surface area contributed by atoms with Crippen molar-refractivity contribution in [3.8, 4) is 5.75 Å². The monoisotopic (exact) mass is 253 g/mol. The molecule has 0 fully saturated rings. The minimum Gasteiger partial charge on any atom is -0.486 e. The van der Waals surface area contributed by atoms with E-state index in [9.17, 15) is 0 Å². The zero-order valence-electron chi connectivity index (χ0n) is 7.31. The van der Waals surface area contributed by atoms with Gasteiger partial charge >= 0.3 is 0 Å². The molecular formula is C10H8BrNO2. The van der Waals surface area contributed by atoms with Gasteiger partial charge in [-0.1, -0.05) is 23.4 Å². The van der Waals surface area contributed by atoms with Gasteiger partial charge in [-0.25, -0.2) is 0 Å². The summed E-state index contributed by atoms with van der Waals surface area (Å²) in [6.07, 6.45) is 0. The first-order valence-corrected chi connectivity index (χ1v) is 4.93. The average molecular weight is 254 g/mol. The number of nitrogens with zero attached hydrogens (tertiary/aromatic N) is 1. The first-order valence-electron chi connectivity index (χ1n) is 4.13. The number of hydrogen-bond donors (Lipinski definition) is 0. The molecular weight excluding hydrogens is 246 g/mol. The molecule has 0 atom stereocenters. The Hall–Kier alpha value is -1.29. The first kappa shape index (κ1) is 9.27. The van der Waals surface area contributed by atoms with E-state index < -0.39 is 0 Å². The van der Waals surface area contributed by atoms with Gasteiger partial charge in [0.2, 0.25) is 0 Å². The summed E-state index contributed by atoms with van der Waals surface area (Å²) in [5.74, 6) is 1.51. The molecule has 4 heteroatoms. The van der Waals surface area contributed by atoms with Crippen LogP contribution in [0.4, 0.5) is 0 Å². The number of hydrogen-bond acceptors (Lipinski definition) is 3. The van der Waals surface area contributed by atoms with Gasteiger partial charge < -0.3 is 9.26 Å². The lowest BCUT2D eigenvalue weighted by Gasteiger charge is -2.01. The summed E-state index contributed by atoms with van der Waals surface area (Å²) in [6, 6.07) is 11.4. The van der Waals surface area contributed by atoms with Crippen molar-refractivity contribution in [1.29, 1.82) is 0 Å². The number of para-hydroxylation sites is 1. The van der Waals surface area contributed by atoms with Crippen molar-refractivity contribution in [3.05, 3.63) is 46.8 Å². The number of halogens is 1. The molecule has 0 bridgehead atoms. The second kappa shape index (κ2) is 4.28. The summed E-state index contributed by atoms with van der Waals surface area (Å²) in [5, 5.41) is 3.69. The molecule has 0 aliphatic carbocycles. The van der Waals surface area contributed by atoms with Crippen molar-refractivity contribution < 1.29 is 9.26 Å². The Balaban J connectivity index is 1.95. The molecule has 0 saturated carbocycles. The molecule has 14 heavy (non-hydrogen) atoms. The molecule has 2 rings (SSSR count). The van der Waals surface area contributed by atoms with Gasteiger partial charge in [-0.2, -0.15) is 0 Å². The molecule has 1 heterocycles. The Labute approximate surface area is 89.8 Å². The molecule has 0 radical (unpaired) electrons. The summed E-state index contributed by atoms with van der Waals surface area (Å²) in [5.41, 5.74) is 0. The van der Waals surface area contributed by atoms with Crippen LogP contribution >= 0.6 is 15.9 Å². The summed E-state index contributed by atoms with van der Waals surface area (Å²) in [7, 11) is 0. The van der Waals surface area contributed by atoms with Crippen LogP contribution in [0.15, 0.2) is 45.5 Å². The highest BCUT2D eigenvalue weighted by Gasteiger charge is 2.01. The van der Waals surface area contributed by atoms with E-state index in [0.29, 0.717) is 17.0 Å². The van der Waals surface area contributed by atoms with Crippen LogP contribution < -0.4 is 4.74 Å². The van der Waals surface area contributed by atoms with E-state index in [-0.39, 0.29) is 0 Å². The minimum atomic E-state index is 0.391. The molecule has 0 saturated heterocycles. The Morgan fingerprint density at radius 2 is 2.07 bits per heavy atom. The maximum absolute atomic E-state index is 5.45. The van der Waals surface area contributed by atoms with Crippen LogP contribution in [-0.4, -0.2) is 5.16 Å². The van der Waals surface area contributed by atoms with E-state index in [2.05, 4.69) is 21.1 Å². The lowest BCUT2D eigenvalue weighted by atomic mass is 10.3. The fourth-order valence-corrected chi connectivity index (χ4v) is 1.35. The largest absolute Gasteiger partial charge is 0.486 e. The van der Waals surface area contributed by atoms with E-state index in [0.717, 1.165) is 5.75 Å². The Bertz CT molecular complexity index is 400. The van der Waals surface area contributed by atoms with Gasteiger partial charge in [-0.05, 0) is 28.1 Å². The highest BCUT2D eigenvalue weighted by molar-refractivity contribution is 9.10. The van der Waals surface area contributed by atoms with Gasteiger partial charge in [0, 0.05) is 6.07 Å². The van der Waals surface area contributed by atoms with Crippen LogP contribution in [0.3, 0.4) is 0 Å². The van der Waals surface area contributed by atoms with Gasteiger partial charge in [0.25, 0.3) is 0 Å². The lowest BCUT2D eigenvalue weighted by Crippen LogP contribution is -1.92. The number of benzene rings is 1. The summed E-state index contributed by atoms with van der Waals surface area (Å²) >= 11 is 3.20. The van der Waals surface area contributed by atoms with E-state index in [1.165, 1.54) is 0 Å². The standard InChI is InChI=1S/C10H8BrNO2/c11-10-6-9(14-12-10)7-13-8-4-2-1-3-5-8/h1-6H,7H2. The average Bonchev–Trinajstić information content (AvgIpc) is 2.63. The van der Waals surface area contributed by atoms with Crippen LogP contribution in [0.1, 0.15) is 5.76 Å². The predicted octanol–water partition coefficient (Wildman–Crippen LogP) is 3.02. The molecule has 72 valence electrons. The third-order valence-corrected chi connectivity index (χ3v) is 2.03. The van der Waals surface area contributed by atoms with Crippen molar-refractivity contribution in [1.82, 2.24) is 5.16 Å². The summed E-state index contributed by atoms with van der Waals surface area (Å²) < 4.78 is 11.1. The summed E-state index contributed by atoms with van der Waals surface area (Å²) in [4.78, 5) is 0. The quantitative estimate of drug-likeness (QED) is 0.844. The molecule has 0 aliphatic heterocycles. The fourth-order valence-electron chi connectivity index (χ4n) is 1.03. The number of ether oxygens (including phenoxy) is 1. The second-order valence-corrected chi connectivity index (χ2v) is 3.53. The zero-order chi connectivity index (χ0) is 9.80. The van der Waals surface area contributed by atoms with Gasteiger partial charge in [0.15, 0.2) is 5.76 Å². The maximum atomic E-state index is 5.45. The van der Waals surface area contributed by atoms with E-state index in [1.54, 1.807) is 6.07 Å². The fraction of sp³-hybridized carbons (Fsp3) is 0.100.